The van der Waals surface area contributed by atoms with Gasteiger partial charge in [0.05, 0.1) is 35.3 Å². The zero-order valence-electron chi connectivity index (χ0n) is 18.1. The van der Waals surface area contributed by atoms with Crippen LogP contribution in [-0.4, -0.2) is 22.9 Å². The monoisotopic (exact) mass is 452 g/mol. The maximum absolute atomic E-state index is 11.8. The summed E-state index contributed by atoms with van der Waals surface area (Å²) in [6, 6.07) is 19.1. The van der Waals surface area contributed by atoms with Crippen LogP contribution in [0.4, 0.5) is 0 Å². The Balaban J connectivity index is 1.70. The molecule has 7 nitrogen and oxygen atoms in total. The van der Waals surface area contributed by atoms with Gasteiger partial charge in [-0.25, -0.2) is 18.5 Å². The fourth-order valence-corrected chi connectivity index (χ4v) is 4.39. The highest BCUT2D eigenvalue weighted by Crippen LogP contribution is 2.23. The van der Waals surface area contributed by atoms with Gasteiger partial charge in [0.2, 0.25) is 10.0 Å². The molecule has 4 rings (SSSR count). The summed E-state index contributed by atoms with van der Waals surface area (Å²) in [6.45, 7) is 4.94. The van der Waals surface area contributed by atoms with Crippen molar-refractivity contribution in [2.24, 2.45) is 5.14 Å². The van der Waals surface area contributed by atoms with E-state index in [0.717, 1.165) is 43.0 Å². The van der Waals surface area contributed by atoms with Crippen LogP contribution in [-0.2, 0) is 36.2 Å². The molecule has 0 unspecified atom stereocenters. The second-order valence-corrected chi connectivity index (χ2v) is 9.50. The molecular formula is C24H28N4O3S. The lowest BCUT2D eigenvalue weighted by Gasteiger charge is -2.22. The van der Waals surface area contributed by atoms with Crippen LogP contribution in [0.5, 0.6) is 0 Å². The molecule has 0 amide bonds. The zero-order chi connectivity index (χ0) is 22.6. The number of hydrogen-bond donors (Lipinski definition) is 1. The fourth-order valence-electron chi connectivity index (χ4n) is 3.86. The van der Waals surface area contributed by atoms with E-state index < -0.39 is 10.0 Å². The van der Waals surface area contributed by atoms with Crippen LogP contribution in [0.1, 0.15) is 36.9 Å². The molecule has 2 aromatic heterocycles. The number of imidazole rings is 1. The van der Waals surface area contributed by atoms with Gasteiger partial charge in [-0.15, -0.1) is 0 Å². The van der Waals surface area contributed by atoms with Crippen LogP contribution >= 0.6 is 0 Å². The molecule has 0 aliphatic rings. The van der Waals surface area contributed by atoms with Crippen molar-refractivity contribution >= 4 is 21.1 Å². The first-order valence-electron chi connectivity index (χ1n) is 10.7. The molecule has 0 fully saturated rings. The molecule has 2 aromatic carbocycles. The van der Waals surface area contributed by atoms with E-state index in [1.165, 1.54) is 5.56 Å². The van der Waals surface area contributed by atoms with Gasteiger partial charge in [-0.2, -0.15) is 0 Å². The molecule has 0 bridgehead atoms. The minimum atomic E-state index is -3.78. The molecule has 0 atom stereocenters. The van der Waals surface area contributed by atoms with Gasteiger partial charge in [-0.05, 0) is 42.3 Å². The lowest BCUT2D eigenvalue weighted by molar-refractivity contribution is 0.218. The summed E-state index contributed by atoms with van der Waals surface area (Å²) in [4.78, 5) is 7.17. The number of aromatic nitrogens is 2. The zero-order valence-corrected chi connectivity index (χ0v) is 19.0. The Morgan fingerprint density at radius 1 is 1.03 bits per heavy atom. The maximum atomic E-state index is 11.8. The van der Waals surface area contributed by atoms with E-state index in [0.29, 0.717) is 18.6 Å². The molecular weight excluding hydrogens is 424 g/mol. The molecule has 4 aromatic rings. The van der Waals surface area contributed by atoms with Gasteiger partial charge in [-0.3, -0.25) is 4.90 Å². The van der Waals surface area contributed by atoms with Crippen LogP contribution in [0.2, 0.25) is 0 Å². The fraction of sp³-hybridized carbons (Fsp3) is 0.292. The van der Waals surface area contributed by atoms with Crippen LogP contribution in [0.15, 0.2) is 76.2 Å². The number of nitrogens with zero attached hydrogens (tertiary/aromatic N) is 3. The standard InChI is InChI=1S/C24H28N4O3S/c1-2-3-13-28-23-12-11-21(32(25,29)30)15-22(23)26-24(28)18-27(17-20-10-7-14-31-20)16-19-8-5-4-6-9-19/h4-12,14-15H,2-3,13,16-18H2,1H3,(H2,25,29,30). The van der Waals surface area contributed by atoms with Crippen LogP contribution < -0.4 is 5.14 Å². The molecule has 8 heteroatoms. The maximum Gasteiger partial charge on any atom is 0.238 e. The lowest BCUT2D eigenvalue weighted by atomic mass is 10.2. The molecule has 32 heavy (non-hydrogen) atoms. The van der Waals surface area contributed by atoms with Crippen LogP contribution in [0, 0.1) is 0 Å². The summed E-state index contributed by atoms with van der Waals surface area (Å²) in [5.41, 5.74) is 2.76. The van der Waals surface area contributed by atoms with Crippen molar-refractivity contribution in [3.8, 4) is 0 Å². The lowest BCUT2D eigenvalue weighted by Crippen LogP contribution is -2.24. The average molecular weight is 453 g/mol. The van der Waals surface area contributed by atoms with E-state index >= 15 is 0 Å². The molecule has 0 saturated heterocycles. The van der Waals surface area contributed by atoms with Crippen molar-refractivity contribution in [1.82, 2.24) is 14.5 Å². The van der Waals surface area contributed by atoms with Crippen molar-refractivity contribution in [3.05, 3.63) is 84.1 Å². The first kappa shape index (κ1) is 22.3. The Labute approximate surface area is 188 Å². The van der Waals surface area contributed by atoms with E-state index in [1.54, 1.807) is 24.5 Å². The number of unbranched alkanes of at least 4 members (excludes halogenated alkanes) is 1. The molecule has 2 heterocycles. The van der Waals surface area contributed by atoms with Gasteiger partial charge in [-0.1, -0.05) is 43.7 Å². The minimum absolute atomic E-state index is 0.0772. The minimum Gasteiger partial charge on any atom is -0.468 e. The van der Waals surface area contributed by atoms with Gasteiger partial charge in [0.1, 0.15) is 11.6 Å². The highest BCUT2D eigenvalue weighted by molar-refractivity contribution is 7.89. The normalized spacial score (nSPS) is 12.1. The van der Waals surface area contributed by atoms with E-state index in [9.17, 15) is 8.42 Å². The molecule has 2 N–H and O–H groups in total. The number of hydrogen-bond acceptors (Lipinski definition) is 5. The van der Waals surface area contributed by atoms with Crippen molar-refractivity contribution < 1.29 is 12.8 Å². The summed E-state index contributed by atoms with van der Waals surface area (Å²) in [5.74, 6) is 1.77. The van der Waals surface area contributed by atoms with Gasteiger partial charge in [0.15, 0.2) is 0 Å². The summed E-state index contributed by atoms with van der Waals surface area (Å²) in [5, 5.41) is 5.33. The molecule has 0 radical (unpaired) electrons. The van der Waals surface area contributed by atoms with Crippen molar-refractivity contribution in [2.45, 2.75) is 50.8 Å². The van der Waals surface area contributed by atoms with Crippen molar-refractivity contribution in [3.63, 3.8) is 0 Å². The predicted octanol–water partition coefficient (Wildman–Crippen LogP) is 4.28. The van der Waals surface area contributed by atoms with Gasteiger partial charge < -0.3 is 8.98 Å². The van der Waals surface area contributed by atoms with E-state index in [1.807, 2.05) is 30.3 Å². The second kappa shape index (κ2) is 9.68. The van der Waals surface area contributed by atoms with Gasteiger partial charge in [0, 0.05) is 13.1 Å². The Hall–Kier alpha value is -2.94. The highest BCUT2D eigenvalue weighted by Gasteiger charge is 2.18. The average Bonchev–Trinajstić information content (AvgIpc) is 3.39. The van der Waals surface area contributed by atoms with Crippen molar-refractivity contribution in [2.75, 3.05) is 0 Å². The Morgan fingerprint density at radius 3 is 2.53 bits per heavy atom. The number of primary sulfonamides is 1. The largest absolute Gasteiger partial charge is 0.468 e. The summed E-state index contributed by atoms with van der Waals surface area (Å²) >= 11 is 0. The Morgan fingerprint density at radius 2 is 1.84 bits per heavy atom. The SMILES string of the molecule is CCCCn1c(CN(Cc2ccccc2)Cc2ccco2)nc2cc(S(N)(=O)=O)ccc21. The van der Waals surface area contributed by atoms with Crippen LogP contribution in [0.3, 0.4) is 0 Å². The summed E-state index contributed by atoms with van der Waals surface area (Å²) in [6.07, 6.45) is 3.74. The van der Waals surface area contributed by atoms with E-state index in [-0.39, 0.29) is 4.90 Å². The topological polar surface area (TPSA) is 94.4 Å². The summed E-state index contributed by atoms with van der Waals surface area (Å²) in [7, 11) is -3.78. The van der Waals surface area contributed by atoms with Gasteiger partial charge >= 0.3 is 0 Å². The number of fused-ring (bicyclic) bond motifs is 1. The predicted molar refractivity (Wildman–Crippen MR) is 124 cm³/mol. The van der Waals surface area contributed by atoms with Gasteiger partial charge in [0.25, 0.3) is 0 Å². The third-order valence-electron chi connectivity index (χ3n) is 5.44. The number of sulfonamides is 1. The number of aryl methyl sites for hydroxylation is 1. The van der Waals surface area contributed by atoms with E-state index in [4.69, 9.17) is 14.5 Å². The third kappa shape index (κ3) is 5.27. The molecule has 168 valence electrons. The number of rotatable bonds is 10. The highest BCUT2D eigenvalue weighted by atomic mass is 32.2. The first-order valence-corrected chi connectivity index (χ1v) is 12.3. The molecule has 0 aliphatic carbocycles. The molecule has 0 spiro atoms. The summed E-state index contributed by atoms with van der Waals surface area (Å²) < 4.78 is 31.4. The number of benzene rings is 2. The number of nitrogens with two attached hydrogens (primary N) is 1. The van der Waals surface area contributed by atoms with E-state index in [2.05, 4.69) is 28.5 Å². The first-order chi connectivity index (χ1) is 15.4. The Bertz CT molecular complexity index is 1270. The number of furan rings is 1. The van der Waals surface area contributed by atoms with Crippen molar-refractivity contribution in [1.29, 1.82) is 0 Å². The quantitative estimate of drug-likeness (QED) is 0.388. The van der Waals surface area contributed by atoms with Crippen LogP contribution in [0.25, 0.3) is 11.0 Å². The third-order valence-corrected chi connectivity index (χ3v) is 6.35. The Kier molecular flexibility index (Phi) is 6.74. The second-order valence-electron chi connectivity index (χ2n) is 7.94. The molecule has 0 saturated carbocycles. The molecule has 0 aliphatic heterocycles. The smallest absolute Gasteiger partial charge is 0.238 e.